The Bertz CT molecular complexity index is 707. The minimum absolute atomic E-state index is 0.148. The third-order valence-electron chi connectivity index (χ3n) is 5.42. The predicted molar refractivity (Wildman–Crippen MR) is 98.8 cm³/mol. The van der Waals surface area contributed by atoms with Gasteiger partial charge in [-0.2, -0.15) is 4.31 Å². The van der Waals surface area contributed by atoms with Crippen LogP contribution in [-0.4, -0.2) is 57.3 Å². The fourth-order valence-electron chi connectivity index (χ4n) is 2.99. The van der Waals surface area contributed by atoms with Gasteiger partial charge >= 0.3 is 7.12 Å². The van der Waals surface area contributed by atoms with Crippen molar-refractivity contribution in [3.05, 3.63) is 12.1 Å². The second-order valence-corrected chi connectivity index (χ2v) is 10.9. The molecule has 2 aliphatic heterocycles. The van der Waals surface area contributed by atoms with Gasteiger partial charge in [-0.15, -0.1) is 11.3 Å². The molecule has 1 aromatic rings. The van der Waals surface area contributed by atoms with E-state index in [1.165, 1.54) is 11.3 Å². The van der Waals surface area contributed by atoms with E-state index in [2.05, 4.69) is 0 Å². The molecule has 3 heterocycles. The van der Waals surface area contributed by atoms with Gasteiger partial charge in [-0.1, -0.05) is 6.07 Å². The van der Waals surface area contributed by atoms with Crippen molar-refractivity contribution in [3.63, 3.8) is 0 Å². The summed E-state index contributed by atoms with van der Waals surface area (Å²) < 4.78 is 45.8. The third kappa shape index (κ3) is 3.55. The lowest BCUT2D eigenvalue weighted by atomic mass is 9.88. The Balaban J connectivity index is 1.75. The molecule has 6 nitrogen and oxygen atoms in total. The molecule has 2 aliphatic rings. The zero-order valence-electron chi connectivity index (χ0n) is 15.4. The van der Waals surface area contributed by atoms with E-state index in [0.717, 1.165) is 17.6 Å². The molecule has 0 atom stereocenters. The van der Waals surface area contributed by atoms with E-state index in [9.17, 15) is 8.42 Å². The van der Waals surface area contributed by atoms with Gasteiger partial charge in [0.1, 0.15) is 4.21 Å². The van der Waals surface area contributed by atoms with Gasteiger partial charge in [-0.3, -0.25) is 0 Å². The number of methoxy groups -OCH3 is 1. The highest BCUT2D eigenvalue weighted by atomic mass is 32.2. The molecule has 9 heteroatoms. The van der Waals surface area contributed by atoms with Gasteiger partial charge in [0, 0.05) is 25.0 Å². The summed E-state index contributed by atoms with van der Waals surface area (Å²) in [6, 6.07) is 3.45. The minimum atomic E-state index is -3.47. The monoisotopic (exact) mass is 387 g/mol. The third-order valence-corrected chi connectivity index (χ3v) is 8.89. The van der Waals surface area contributed by atoms with Crippen molar-refractivity contribution in [2.75, 3.05) is 20.2 Å². The van der Waals surface area contributed by atoms with Crippen molar-refractivity contribution in [1.29, 1.82) is 0 Å². The highest BCUT2D eigenvalue weighted by Gasteiger charge is 2.52. The van der Waals surface area contributed by atoms with Gasteiger partial charge in [0.25, 0.3) is 10.0 Å². The molecule has 3 rings (SSSR count). The molecule has 2 fully saturated rings. The summed E-state index contributed by atoms with van der Waals surface area (Å²) in [6.45, 7) is 8.92. The quantitative estimate of drug-likeness (QED) is 0.738. The molecular weight excluding hydrogens is 361 g/mol. The highest BCUT2D eigenvalue weighted by molar-refractivity contribution is 7.91. The number of sulfonamides is 1. The van der Waals surface area contributed by atoms with Gasteiger partial charge in [0.05, 0.1) is 17.3 Å². The van der Waals surface area contributed by atoms with Crippen molar-refractivity contribution < 1.29 is 22.5 Å². The first-order chi connectivity index (χ1) is 11.6. The lowest BCUT2D eigenvalue weighted by Gasteiger charge is -2.32. The van der Waals surface area contributed by atoms with E-state index in [0.29, 0.717) is 17.3 Å². The number of hydrogen-bond donors (Lipinski definition) is 0. The maximum Gasteiger partial charge on any atom is 0.505 e. The van der Waals surface area contributed by atoms with E-state index in [-0.39, 0.29) is 6.10 Å². The van der Waals surface area contributed by atoms with E-state index < -0.39 is 28.3 Å². The average molecular weight is 387 g/mol. The van der Waals surface area contributed by atoms with Gasteiger partial charge in [-0.05, 0) is 46.6 Å². The average Bonchev–Trinajstić information content (AvgIpc) is 3.11. The summed E-state index contributed by atoms with van der Waals surface area (Å²) in [4.78, 5) is 0. The van der Waals surface area contributed by atoms with Gasteiger partial charge in [0.2, 0.25) is 0 Å². The number of thiophene rings is 1. The Labute approximate surface area is 154 Å². The lowest BCUT2D eigenvalue weighted by molar-refractivity contribution is 0.00578. The largest absolute Gasteiger partial charge is 0.505 e. The molecule has 0 saturated carbocycles. The van der Waals surface area contributed by atoms with Crippen LogP contribution in [0.15, 0.2) is 16.3 Å². The molecule has 25 heavy (non-hydrogen) atoms. The number of rotatable bonds is 4. The SMILES string of the molecule is COC1CCN(S(=O)(=O)c2ccc(B3OC(C)(C)C(C)(C)O3)s2)CC1. The lowest BCUT2D eigenvalue weighted by Crippen LogP contribution is -2.41. The molecule has 0 aromatic carbocycles. The van der Waals surface area contributed by atoms with Crippen LogP contribution < -0.4 is 4.78 Å². The van der Waals surface area contributed by atoms with E-state index in [4.69, 9.17) is 14.0 Å². The molecule has 0 spiro atoms. The topological polar surface area (TPSA) is 65.1 Å². The van der Waals surface area contributed by atoms with Crippen molar-refractivity contribution >= 4 is 33.3 Å². The van der Waals surface area contributed by atoms with Crippen LogP contribution in [0.2, 0.25) is 0 Å². The Kier molecular flexibility index (Phi) is 5.11. The molecule has 2 saturated heterocycles. The molecule has 0 amide bonds. The highest BCUT2D eigenvalue weighted by Crippen LogP contribution is 2.37. The molecule has 140 valence electrons. The van der Waals surface area contributed by atoms with E-state index >= 15 is 0 Å². The van der Waals surface area contributed by atoms with E-state index in [1.54, 1.807) is 23.5 Å². The van der Waals surface area contributed by atoms with Crippen LogP contribution in [0.25, 0.3) is 0 Å². The number of hydrogen-bond acceptors (Lipinski definition) is 6. The second kappa shape index (κ2) is 6.62. The first-order valence-corrected chi connectivity index (χ1v) is 10.8. The summed E-state index contributed by atoms with van der Waals surface area (Å²) in [5.41, 5.74) is -0.883. The Morgan fingerprint density at radius 3 is 2.24 bits per heavy atom. The molecule has 0 radical (unpaired) electrons. The van der Waals surface area contributed by atoms with Crippen molar-refractivity contribution in [3.8, 4) is 0 Å². The molecular formula is C16H26BNO5S2. The molecule has 0 unspecified atom stereocenters. The maximum absolute atomic E-state index is 12.9. The fraction of sp³-hybridized carbons (Fsp3) is 0.750. The Morgan fingerprint density at radius 1 is 1.16 bits per heavy atom. The van der Waals surface area contributed by atoms with Gasteiger partial charge < -0.3 is 14.0 Å². The molecule has 0 bridgehead atoms. The smallest absolute Gasteiger partial charge is 0.399 e. The molecule has 0 aliphatic carbocycles. The first kappa shape index (κ1) is 19.3. The normalized spacial score (nSPS) is 24.8. The number of piperidine rings is 1. The first-order valence-electron chi connectivity index (χ1n) is 8.55. The zero-order chi connectivity index (χ0) is 18.5. The summed E-state index contributed by atoms with van der Waals surface area (Å²) in [5, 5.41) is 0. The zero-order valence-corrected chi connectivity index (χ0v) is 17.1. The summed E-state index contributed by atoms with van der Waals surface area (Å²) >= 11 is 1.23. The van der Waals surface area contributed by atoms with Crippen LogP contribution in [0.4, 0.5) is 0 Å². The Morgan fingerprint density at radius 2 is 1.72 bits per heavy atom. The number of ether oxygens (including phenoxy) is 1. The fourth-order valence-corrected chi connectivity index (χ4v) is 5.90. The van der Waals surface area contributed by atoms with Gasteiger partial charge in [-0.25, -0.2) is 8.42 Å². The second-order valence-electron chi connectivity index (χ2n) is 7.58. The standard InChI is InChI=1S/C16H26BNO5S2/c1-15(2)16(3,4)23-17(22-15)13-6-7-14(24-13)25(19,20)18-10-8-12(21-5)9-11-18/h6-7,12H,8-11H2,1-5H3. The van der Waals surface area contributed by atoms with Crippen molar-refractivity contribution in [1.82, 2.24) is 4.31 Å². The Hall–Kier alpha value is -0.445. The predicted octanol–water partition coefficient (Wildman–Crippen LogP) is 1.85. The maximum atomic E-state index is 12.9. The van der Waals surface area contributed by atoms with Crippen LogP contribution in [0, 0.1) is 0 Å². The van der Waals surface area contributed by atoms with Crippen LogP contribution in [0.5, 0.6) is 0 Å². The van der Waals surface area contributed by atoms with Crippen LogP contribution in [-0.2, 0) is 24.1 Å². The van der Waals surface area contributed by atoms with Crippen LogP contribution >= 0.6 is 11.3 Å². The number of nitrogens with zero attached hydrogens (tertiary/aromatic N) is 1. The van der Waals surface area contributed by atoms with Crippen LogP contribution in [0.1, 0.15) is 40.5 Å². The molecule has 0 N–H and O–H groups in total. The van der Waals surface area contributed by atoms with E-state index in [1.807, 2.05) is 27.7 Å². The summed E-state index contributed by atoms with van der Waals surface area (Å²) in [6.07, 6.45) is 1.60. The molecule has 1 aromatic heterocycles. The summed E-state index contributed by atoms with van der Waals surface area (Å²) in [7, 11) is -2.33. The van der Waals surface area contributed by atoms with Crippen LogP contribution in [0.3, 0.4) is 0 Å². The summed E-state index contributed by atoms with van der Waals surface area (Å²) in [5.74, 6) is 0. The minimum Gasteiger partial charge on any atom is -0.399 e. The van der Waals surface area contributed by atoms with Gasteiger partial charge in [0.15, 0.2) is 0 Å². The van der Waals surface area contributed by atoms with Crippen molar-refractivity contribution in [2.24, 2.45) is 0 Å². The van der Waals surface area contributed by atoms with Crippen molar-refractivity contribution in [2.45, 2.75) is 62.1 Å².